The maximum absolute atomic E-state index is 12.8. The lowest BCUT2D eigenvalue weighted by Gasteiger charge is -2.43. The molecule has 1 aromatic carbocycles. The van der Waals surface area contributed by atoms with Crippen LogP contribution >= 0.6 is 0 Å². The molecule has 1 N–H and O–H groups in total. The Morgan fingerprint density at radius 3 is 2.11 bits per heavy atom. The highest BCUT2D eigenvalue weighted by atomic mass is 16.7. The van der Waals surface area contributed by atoms with Crippen molar-refractivity contribution >= 4 is 34.8 Å². The number of hydrogen-bond acceptors (Lipinski definition) is 14. The number of benzene rings is 1. The SMILES string of the molecule is CC(=O)OC[C@H]1O[C@@H](Oc2ccc3c(O)c(OCC=C(C)CCC=C(C)C)c(=O)oc3c2)[C@H](OC(C)=O)[C@@H](OC(C)=O)[C@H]1OC(C)=O. The Labute approximate surface area is 271 Å². The predicted molar refractivity (Wildman–Crippen MR) is 165 cm³/mol. The number of carbonyl (C=O) groups excluding carboxylic acids is 4. The highest BCUT2D eigenvalue weighted by molar-refractivity contribution is 5.86. The molecule has 0 radical (unpaired) electrons. The van der Waals surface area contributed by atoms with Gasteiger partial charge in [0.05, 0.1) is 5.39 Å². The molecule has 256 valence electrons. The first-order chi connectivity index (χ1) is 22.2. The summed E-state index contributed by atoms with van der Waals surface area (Å²) >= 11 is 0. The van der Waals surface area contributed by atoms with E-state index >= 15 is 0 Å². The summed E-state index contributed by atoms with van der Waals surface area (Å²) in [5, 5.41) is 11.0. The van der Waals surface area contributed by atoms with Crippen molar-refractivity contribution in [3.63, 3.8) is 0 Å². The Bertz CT molecular complexity index is 1580. The van der Waals surface area contributed by atoms with Crippen LogP contribution in [0.1, 0.15) is 61.3 Å². The number of esters is 4. The van der Waals surface area contributed by atoms with Gasteiger partial charge in [-0.1, -0.05) is 17.2 Å². The molecule has 3 rings (SSSR count). The second kappa shape index (κ2) is 16.6. The first-order valence-electron chi connectivity index (χ1n) is 14.8. The molecule has 0 amide bonds. The number of fused-ring (bicyclic) bond motifs is 1. The Morgan fingerprint density at radius 1 is 0.851 bits per heavy atom. The van der Waals surface area contributed by atoms with E-state index in [-0.39, 0.29) is 29.1 Å². The van der Waals surface area contributed by atoms with Crippen LogP contribution in [0.25, 0.3) is 11.0 Å². The Hall–Kier alpha value is -4.85. The second-order valence-corrected chi connectivity index (χ2v) is 11.1. The van der Waals surface area contributed by atoms with Crippen molar-refractivity contribution in [2.75, 3.05) is 13.2 Å². The standard InChI is InChI=1S/C33H40O14/c1-17(2)9-8-10-18(3)13-14-40-29-27(38)24-12-11-23(15-25(24)46-32(29)39)45-33-31(44-22(7)37)30(43-21(6)36)28(42-20(5)35)26(47-33)16-41-19(4)34/h9,11-13,15,26,28,30-31,33,38H,8,10,14,16H2,1-7H3/t26-,28+,30+,31-,33-/m1/s1. The summed E-state index contributed by atoms with van der Waals surface area (Å²) in [5.74, 6) is -3.83. The van der Waals surface area contributed by atoms with Gasteiger partial charge in [0.2, 0.25) is 18.1 Å². The minimum atomic E-state index is -1.51. The first kappa shape index (κ1) is 36.6. The van der Waals surface area contributed by atoms with E-state index in [1.54, 1.807) is 0 Å². The van der Waals surface area contributed by atoms with Crippen molar-refractivity contribution in [2.24, 2.45) is 0 Å². The molecule has 5 atom stereocenters. The number of ether oxygens (including phenoxy) is 7. The Balaban J connectivity index is 1.91. The Kier molecular flexibility index (Phi) is 13.0. The lowest BCUT2D eigenvalue weighted by molar-refractivity contribution is -0.288. The summed E-state index contributed by atoms with van der Waals surface area (Å²) in [6.45, 7) is 10.0. The quantitative estimate of drug-likeness (QED) is 0.141. The van der Waals surface area contributed by atoms with Gasteiger partial charge in [-0.2, -0.15) is 0 Å². The Morgan fingerprint density at radius 2 is 1.49 bits per heavy atom. The third kappa shape index (κ3) is 10.6. The van der Waals surface area contributed by atoms with E-state index in [1.165, 1.54) is 23.8 Å². The van der Waals surface area contributed by atoms with Crippen molar-refractivity contribution in [1.29, 1.82) is 0 Å². The number of allylic oxidation sites excluding steroid dienone is 3. The zero-order valence-electron chi connectivity index (χ0n) is 27.4. The molecule has 1 aromatic heterocycles. The molecule has 14 heteroatoms. The zero-order valence-corrected chi connectivity index (χ0v) is 27.4. The molecule has 0 aliphatic carbocycles. The highest BCUT2D eigenvalue weighted by Crippen LogP contribution is 2.35. The summed E-state index contributed by atoms with van der Waals surface area (Å²) in [7, 11) is 0. The fourth-order valence-corrected chi connectivity index (χ4v) is 4.72. The molecular formula is C33H40O14. The number of rotatable bonds is 13. The van der Waals surface area contributed by atoms with Crippen LogP contribution in [-0.4, -0.2) is 72.9 Å². The highest BCUT2D eigenvalue weighted by Gasteiger charge is 2.53. The maximum Gasteiger partial charge on any atom is 0.383 e. The van der Waals surface area contributed by atoms with Gasteiger partial charge in [0.25, 0.3) is 0 Å². The fourth-order valence-electron chi connectivity index (χ4n) is 4.72. The summed E-state index contributed by atoms with van der Waals surface area (Å²) in [5.41, 5.74) is 1.27. The molecule has 14 nitrogen and oxygen atoms in total. The van der Waals surface area contributed by atoms with Crippen LogP contribution < -0.4 is 15.1 Å². The molecule has 0 saturated carbocycles. The summed E-state index contributed by atoms with van der Waals surface area (Å²) in [6, 6.07) is 4.09. The van der Waals surface area contributed by atoms with Crippen molar-refractivity contribution in [2.45, 2.75) is 92.0 Å². The molecule has 0 unspecified atom stereocenters. The first-order valence-corrected chi connectivity index (χ1v) is 14.8. The molecular weight excluding hydrogens is 620 g/mol. The van der Waals surface area contributed by atoms with E-state index < -0.39 is 72.6 Å². The van der Waals surface area contributed by atoms with Crippen molar-refractivity contribution in [3.8, 4) is 17.2 Å². The third-order valence-corrected chi connectivity index (χ3v) is 6.76. The van der Waals surface area contributed by atoms with Gasteiger partial charge in [0.15, 0.2) is 18.0 Å². The predicted octanol–water partition coefficient (Wildman–Crippen LogP) is 4.03. The number of aromatic hydroxyl groups is 1. The molecule has 1 fully saturated rings. The molecule has 1 aliphatic heterocycles. The van der Waals surface area contributed by atoms with Crippen LogP contribution in [-0.2, 0) is 42.9 Å². The van der Waals surface area contributed by atoms with E-state index in [0.717, 1.165) is 46.1 Å². The average Bonchev–Trinajstić information content (AvgIpc) is 2.95. The van der Waals surface area contributed by atoms with E-state index in [4.69, 9.17) is 37.6 Å². The average molecular weight is 661 g/mol. The van der Waals surface area contributed by atoms with Gasteiger partial charge in [-0.3, -0.25) is 19.2 Å². The van der Waals surface area contributed by atoms with E-state index in [2.05, 4.69) is 6.08 Å². The topological polar surface area (TPSA) is 183 Å². The van der Waals surface area contributed by atoms with Gasteiger partial charge >= 0.3 is 29.5 Å². The molecule has 0 spiro atoms. The lowest BCUT2D eigenvalue weighted by Crippen LogP contribution is -2.63. The molecule has 2 aromatic rings. The second-order valence-electron chi connectivity index (χ2n) is 11.1. The lowest BCUT2D eigenvalue weighted by atomic mass is 9.98. The van der Waals surface area contributed by atoms with Crippen molar-refractivity contribution < 1.29 is 61.9 Å². The van der Waals surface area contributed by atoms with Gasteiger partial charge in [0, 0.05) is 33.8 Å². The zero-order chi connectivity index (χ0) is 34.8. The van der Waals surface area contributed by atoms with Gasteiger partial charge in [-0.15, -0.1) is 0 Å². The van der Waals surface area contributed by atoms with Crippen molar-refractivity contribution in [1.82, 2.24) is 0 Å². The monoisotopic (exact) mass is 660 g/mol. The van der Waals surface area contributed by atoms with Gasteiger partial charge in [0.1, 0.15) is 30.7 Å². The summed E-state index contributed by atoms with van der Waals surface area (Å²) < 4.78 is 44.1. The fraction of sp³-hybridized carbons (Fsp3) is 0.485. The van der Waals surface area contributed by atoms with Gasteiger partial charge < -0.3 is 42.7 Å². The molecule has 47 heavy (non-hydrogen) atoms. The van der Waals surface area contributed by atoms with E-state index in [9.17, 15) is 29.1 Å². The maximum atomic E-state index is 12.8. The molecule has 0 bridgehead atoms. The normalized spacial score (nSPS) is 20.9. The third-order valence-electron chi connectivity index (χ3n) is 6.76. The molecule has 2 heterocycles. The van der Waals surface area contributed by atoms with Crippen LogP contribution in [0.5, 0.6) is 17.2 Å². The number of carbonyl (C=O) groups is 4. The van der Waals surface area contributed by atoms with Gasteiger partial charge in [-0.25, -0.2) is 4.79 Å². The molecule has 1 saturated heterocycles. The smallest absolute Gasteiger partial charge is 0.383 e. The molecule has 1 aliphatic rings. The van der Waals surface area contributed by atoms with E-state index in [0.29, 0.717) is 0 Å². The largest absolute Gasteiger partial charge is 0.504 e. The van der Waals surface area contributed by atoms with Crippen LogP contribution in [0.2, 0.25) is 0 Å². The van der Waals surface area contributed by atoms with E-state index in [1.807, 2.05) is 26.8 Å². The summed E-state index contributed by atoms with van der Waals surface area (Å²) in [4.78, 5) is 60.4. The minimum absolute atomic E-state index is 0.0181. The minimum Gasteiger partial charge on any atom is -0.504 e. The number of hydrogen-bond donors (Lipinski definition) is 1. The van der Waals surface area contributed by atoms with Crippen LogP contribution in [0, 0.1) is 0 Å². The van der Waals surface area contributed by atoms with Gasteiger partial charge in [-0.05, 0) is 51.8 Å². The van der Waals surface area contributed by atoms with Crippen LogP contribution in [0.4, 0.5) is 0 Å². The van der Waals surface area contributed by atoms with Crippen molar-refractivity contribution in [3.05, 3.63) is 51.9 Å². The summed E-state index contributed by atoms with van der Waals surface area (Å²) in [6.07, 6.45) is -1.39. The van der Waals surface area contributed by atoms with Crippen LogP contribution in [0.15, 0.2) is 50.7 Å². The van der Waals surface area contributed by atoms with Crippen LogP contribution in [0.3, 0.4) is 0 Å².